The van der Waals surface area contributed by atoms with Crippen molar-refractivity contribution in [2.75, 3.05) is 0 Å². The van der Waals surface area contributed by atoms with Crippen LogP contribution in [0.4, 0.5) is 4.39 Å². The molecule has 0 amide bonds. The van der Waals surface area contributed by atoms with E-state index in [1.807, 2.05) is 6.07 Å². The fraction of sp³-hybridized carbons (Fsp3) is 0.375. The van der Waals surface area contributed by atoms with Crippen molar-refractivity contribution in [1.29, 1.82) is 0 Å². The highest BCUT2D eigenvalue weighted by atomic mass is 19.1. The predicted molar refractivity (Wildman–Crippen MR) is 71.6 cm³/mol. The summed E-state index contributed by atoms with van der Waals surface area (Å²) in [6.45, 7) is 0. The van der Waals surface area contributed by atoms with Gasteiger partial charge in [-0.15, -0.1) is 0 Å². The minimum absolute atomic E-state index is 0.243. The van der Waals surface area contributed by atoms with E-state index < -0.39 is 0 Å². The Kier molecular flexibility index (Phi) is 3.53. The van der Waals surface area contributed by atoms with Crippen molar-refractivity contribution >= 4 is 0 Å². The average molecular weight is 260 g/mol. The van der Waals surface area contributed by atoms with Crippen LogP contribution in [0.25, 0.3) is 11.3 Å². The Morgan fingerprint density at radius 3 is 2.68 bits per heavy atom. The van der Waals surface area contributed by atoms with Crippen molar-refractivity contribution in [1.82, 2.24) is 0 Å². The van der Waals surface area contributed by atoms with Crippen molar-refractivity contribution in [3.05, 3.63) is 42.4 Å². The van der Waals surface area contributed by atoms with Crippen LogP contribution in [0.5, 0.6) is 5.75 Å². The van der Waals surface area contributed by atoms with Gasteiger partial charge in [0, 0.05) is 0 Å². The zero-order chi connectivity index (χ0) is 13.1. The molecule has 1 aliphatic carbocycles. The Morgan fingerprint density at radius 1 is 1.11 bits per heavy atom. The van der Waals surface area contributed by atoms with Crippen molar-refractivity contribution in [2.24, 2.45) is 0 Å². The molecule has 0 N–H and O–H groups in total. The maximum atomic E-state index is 13.4. The normalized spacial score (nSPS) is 16.5. The third-order valence-corrected chi connectivity index (χ3v) is 3.57. The zero-order valence-electron chi connectivity index (χ0n) is 10.8. The lowest BCUT2D eigenvalue weighted by Crippen LogP contribution is -2.19. The molecule has 100 valence electrons. The second-order valence-electron chi connectivity index (χ2n) is 5.00. The molecule has 0 aliphatic heterocycles. The van der Waals surface area contributed by atoms with E-state index in [9.17, 15) is 4.39 Å². The van der Waals surface area contributed by atoms with Gasteiger partial charge in [0.2, 0.25) is 0 Å². The standard InChI is InChI=1S/C16H17FO2/c17-12-8-9-16(19-13-5-2-1-3-6-13)14(11-12)15-7-4-10-18-15/h4,7-11,13H,1-3,5-6H2. The highest BCUT2D eigenvalue weighted by molar-refractivity contribution is 5.65. The van der Waals surface area contributed by atoms with Gasteiger partial charge in [0.05, 0.1) is 17.9 Å². The van der Waals surface area contributed by atoms with Gasteiger partial charge in [-0.05, 0) is 56.0 Å². The Hall–Kier alpha value is -1.77. The number of halogens is 1. The van der Waals surface area contributed by atoms with E-state index in [0.717, 1.165) is 12.8 Å². The van der Waals surface area contributed by atoms with Crippen LogP contribution in [0, 0.1) is 5.82 Å². The molecule has 1 aromatic carbocycles. The van der Waals surface area contributed by atoms with E-state index in [4.69, 9.17) is 9.15 Å². The molecule has 2 nitrogen and oxygen atoms in total. The predicted octanol–water partition coefficient (Wildman–Crippen LogP) is 4.80. The third kappa shape index (κ3) is 2.80. The SMILES string of the molecule is Fc1ccc(OC2CCCCC2)c(-c2ccco2)c1. The summed E-state index contributed by atoms with van der Waals surface area (Å²) in [5.74, 6) is 1.08. The average Bonchev–Trinajstić information content (AvgIpc) is 2.96. The number of rotatable bonds is 3. The molecule has 3 rings (SSSR count). The Labute approximate surface area is 112 Å². The van der Waals surface area contributed by atoms with Crippen LogP contribution in [0.15, 0.2) is 41.0 Å². The lowest BCUT2D eigenvalue weighted by molar-refractivity contribution is 0.155. The Balaban J connectivity index is 1.87. The van der Waals surface area contributed by atoms with Gasteiger partial charge in [-0.3, -0.25) is 0 Å². The van der Waals surface area contributed by atoms with E-state index >= 15 is 0 Å². The van der Waals surface area contributed by atoms with Gasteiger partial charge in [-0.1, -0.05) is 6.42 Å². The van der Waals surface area contributed by atoms with Gasteiger partial charge in [0.15, 0.2) is 0 Å². The summed E-state index contributed by atoms with van der Waals surface area (Å²) in [5.41, 5.74) is 0.690. The number of benzene rings is 1. The number of hydrogen-bond acceptors (Lipinski definition) is 2. The fourth-order valence-corrected chi connectivity index (χ4v) is 2.59. The maximum absolute atomic E-state index is 13.4. The van der Waals surface area contributed by atoms with E-state index in [-0.39, 0.29) is 11.9 Å². The summed E-state index contributed by atoms with van der Waals surface area (Å²) in [6, 6.07) is 8.22. The molecule has 0 radical (unpaired) electrons. The van der Waals surface area contributed by atoms with Crippen LogP contribution in [0.3, 0.4) is 0 Å². The lowest BCUT2D eigenvalue weighted by Gasteiger charge is -2.24. The summed E-state index contributed by atoms with van der Waals surface area (Å²) in [6.07, 6.45) is 7.69. The van der Waals surface area contributed by atoms with Crippen LogP contribution in [0.1, 0.15) is 32.1 Å². The monoisotopic (exact) mass is 260 g/mol. The van der Waals surface area contributed by atoms with Crippen LogP contribution in [-0.4, -0.2) is 6.10 Å². The summed E-state index contributed by atoms with van der Waals surface area (Å²) in [5, 5.41) is 0. The molecule has 3 heteroatoms. The second kappa shape index (κ2) is 5.47. The fourth-order valence-electron chi connectivity index (χ4n) is 2.59. The highest BCUT2D eigenvalue weighted by Crippen LogP contribution is 2.33. The van der Waals surface area contributed by atoms with Crippen LogP contribution in [-0.2, 0) is 0 Å². The van der Waals surface area contributed by atoms with Crippen LogP contribution < -0.4 is 4.74 Å². The largest absolute Gasteiger partial charge is 0.490 e. The molecule has 0 atom stereocenters. The van der Waals surface area contributed by atoms with Gasteiger partial charge in [0.25, 0.3) is 0 Å². The Morgan fingerprint density at radius 2 is 1.95 bits per heavy atom. The van der Waals surface area contributed by atoms with E-state index in [2.05, 4.69) is 0 Å². The summed E-state index contributed by atoms with van der Waals surface area (Å²) in [4.78, 5) is 0. The molecule has 0 spiro atoms. The molecule has 1 aromatic heterocycles. The first kappa shape index (κ1) is 12.3. The smallest absolute Gasteiger partial charge is 0.137 e. The van der Waals surface area contributed by atoms with E-state index in [0.29, 0.717) is 17.1 Å². The summed E-state index contributed by atoms with van der Waals surface area (Å²) < 4.78 is 24.8. The van der Waals surface area contributed by atoms with Crippen molar-refractivity contribution in [3.63, 3.8) is 0 Å². The minimum Gasteiger partial charge on any atom is -0.490 e. The third-order valence-electron chi connectivity index (χ3n) is 3.57. The first-order valence-electron chi connectivity index (χ1n) is 6.83. The first-order valence-corrected chi connectivity index (χ1v) is 6.83. The molecule has 1 heterocycles. The van der Waals surface area contributed by atoms with Crippen molar-refractivity contribution in [3.8, 4) is 17.1 Å². The number of ether oxygens (including phenoxy) is 1. The maximum Gasteiger partial charge on any atom is 0.137 e. The molecule has 0 unspecified atom stereocenters. The number of hydrogen-bond donors (Lipinski definition) is 0. The highest BCUT2D eigenvalue weighted by Gasteiger charge is 2.18. The van der Waals surface area contributed by atoms with Gasteiger partial charge in [-0.25, -0.2) is 4.39 Å². The molecule has 2 aromatic rings. The van der Waals surface area contributed by atoms with E-state index in [1.54, 1.807) is 18.4 Å². The van der Waals surface area contributed by atoms with Crippen molar-refractivity contribution in [2.45, 2.75) is 38.2 Å². The van der Waals surface area contributed by atoms with E-state index in [1.165, 1.54) is 31.4 Å². The molecule has 0 bridgehead atoms. The van der Waals surface area contributed by atoms with Gasteiger partial charge >= 0.3 is 0 Å². The quantitative estimate of drug-likeness (QED) is 0.791. The summed E-state index contributed by atoms with van der Waals surface area (Å²) in [7, 11) is 0. The molecule has 1 aliphatic rings. The topological polar surface area (TPSA) is 22.4 Å². The van der Waals surface area contributed by atoms with Crippen LogP contribution in [0.2, 0.25) is 0 Å². The lowest BCUT2D eigenvalue weighted by atomic mass is 9.97. The molecule has 19 heavy (non-hydrogen) atoms. The molecule has 0 saturated heterocycles. The van der Waals surface area contributed by atoms with Gasteiger partial charge in [0.1, 0.15) is 17.3 Å². The van der Waals surface area contributed by atoms with Gasteiger partial charge < -0.3 is 9.15 Å². The molecule has 1 fully saturated rings. The van der Waals surface area contributed by atoms with Crippen LogP contribution >= 0.6 is 0 Å². The molecule has 1 saturated carbocycles. The zero-order valence-corrected chi connectivity index (χ0v) is 10.8. The molecular formula is C16H17FO2. The second-order valence-corrected chi connectivity index (χ2v) is 5.00. The van der Waals surface area contributed by atoms with Gasteiger partial charge in [-0.2, -0.15) is 0 Å². The Bertz CT molecular complexity index is 528. The number of furan rings is 1. The molecular weight excluding hydrogens is 243 g/mol. The summed E-state index contributed by atoms with van der Waals surface area (Å²) >= 11 is 0. The first-order chi connectivity index (χ1) is 9.33. The van der Waals surface area contributed by atoms with Crippen molar-refractivity contribution < 1.29 is 13.5 Å². The minimum atomic E-state index is -0.276.